The molecule has 2 aromatic carbocycles. The summed E-state index contributed by atoms with van der Waals surface area (Å²) < 4.78 is 41.8. The number of rotatable bonds is 6. The number of aromatic nitrogens is 5. The van der Waals surface area contributed by atoms with Gasteiger partial charge in [-0.2, -0.15) is 0 Å². The first-order chi connectivity index (χ1) is 16.4. The lowest BCUT2D eigenvalue weighted by Gasteiger charge is -2.30. The normalized spacial score (nSPS) is 15.7. The number of nitrogens with zero attached hydrogens (tertiary/aromatic N) is 5. The molecule has 2 aromatic heterocycles. The number of piperidine rings is 1. The summed E-state index contributed by atoms with van der Waals surface area (Å²) in [4.78, 5) is 20.1. The van der Waals surface area contributed by atoms with E-state index in [0.29, 0.717) is 49.5 Å². The van der Waals surface area contributed by atoms with E-state index in [0.717, 1.165) is 5.56 Å². The number of halogens is 1. The van der Waals surface area contributed by atoms with Gasteiger partial charge in [0, 0.05) is 19.0 Å². The molecule has 1 saturated heterocycles. The SMILES string of the molecule is O=c1[nH]c(C2CCN(S(=O)(=O)Cc3ccc(F)cc3)CC2)nc2c1nnn2Cc1ccccc1. The number of benzene rings is 2. The third-order valence-corrected chi connectivity index (χ3v) is 7.91. The Morgan fingerprint density at radius 2 is 1.71 bits per heavy atom. The fourth-order valence-electron chi connectivity index (χ4n) is 4.23. The minimum absolute atomic E-state index is 0.0885. The zero-order valence-corrected chi connectivity index (χ0v) is 19.1. The monoisotopic (exact) mass is 482 g/mol. The van der Waals surface area contributed by atoms with Gasteiger partial charge in [-0.15, -0.1) is 5.10 Å². The van der Waals surface area contributed by atoms with E-state index in [4.69, 9.17) is 0 Å². The summed E-state index contributed by atoms with van der Waals surface area (Å²) in [5.74, 6) is -0.150. The van der Waals surface area contributed by atoms with Crippen molar-refractivity contribution in [3.05, 3.63) is 87.7 Å². The molecule has 0 saturated carbocycles. The highest BCUT2D eigenvalue weighted by atomic mass is 32.2. The van der Waals surface area contributed by atoms with Gasteiger partial charge >= 0.3 is 0 Å². The predicted molar refractivity (Wildman–Crippen MR) is 124 cm³/mol. The average molecular weight is 483 g/mol. The summed E-state index contributed by atoms with van der Waals surface area (Å²) in [5, 5.41) is 8.09. The van der Waals surface area contributed by atoms with Gasteiger partial charge in [-0.05, 0) is 36.1 Å². The Balaban J connectivity index is 1.32. The molecule has 0 bridgehead atoms. The van der Waals surface area contributed by atoms with Crippen LogP contribution in [0.15, 0.2) is 59.4 Å². The number of sulfonamides is 1. The van der Waals surface area contributed by atoms with E-state index >= 15 is 0 Å². The Morgan fingerprint density at radius 3 is 2.41 bits per heavy atom. The van der Waals surface area contributed by atoms with Crippen LogP contribution in [0.25, 0.3) is 11.2 Å². The average Bonchev–Trinajstić information content (AvgIpc) is 3.24. The van der Waals surface area contributed by atoms with Crippen molar-refractivity contribution in [2.75, 3.05) is 13.1 Å². The quantitative estimate of drug-likeness (QED) is 0.452. The van der Waals surface area contributed by atoms with Gasteiger partial charge in [0.2, 0.25) is 10.0 Å². The van der Waals surface area contributed by atoms with Gasteiger partial charge in [-0.25, -0.2) is 26.8 Å². The first-order valence-electron chi connectivity index (χ1n) is 11.0. The second-order valence-electron chi connectivity index (χ2n) is 8.41. The fraction of sp³-hybridized carbons (Fsp3) is 0.304. The van der Waals surface area contributed by atoms with E-state index in [9.17, 15) is 17.6 Å². The minimum Gasteiger partial charge on any atom is -0.308 e. The van der Waals surface area contributed by atoms with Crippen LogP contribution in [-0.2, 0) is 22.3 Å². The number of hydrogen-bond acceptors (Lipinski definition) is 6. The Morgan fingerprint density at radius 1 is 1.00 bits per heavy atom. The van der Waals surface area contributed by atoms with Gasteiger partial charge in [0.1, 0.15) is 11.6 Å². The van der Waals surface area contributed by atoms with Crippen molar-refractivity contribution in [2.24, 2.45) is 0 Å². The van der Waals surface area contributed by atoms with Gasteiger partial charge < -0.3 is 4.98 Å². The van der Waals surface area contributed by atoms with Crippen molar-refractivity contribution in [1.82, 2.24) is 29.3 Å². The summed E-state index contributed by atoms with van der Waals surface area (Å²) >= 11 is 0. The highest BCUT2D eigenvalue weighted by Crippen LogP contribution is 2.28. The standard InChI is InChI=1S/C23H23FN6O3S/c24-19-8-6-17(7-9-19)15-34(32,33)29-12-10-18(11-13-29)21-25-22-20(23(31)26-21)27-28-30(22)14-16-4-2-1-3-5-16/h1-9,18H,10-15H2,(H,25,26,31). The number of fused-ring (bicyclic) bond motifs is 1. The smallest absolute Gasteiger partial charge is 0.281 e. The van der Waals surface area contributed by atoms with E-state index < -0.39 is 15.8 Å². The zero-order chi connectivity index (χ0) is 23.7. The highest BCUT2D eigenvalue weighted by molar-refractivity contribution is 7.88. The molecule has 11 heteroatoms. The van der Waals surface area contributed by atoms with E-state index in [2.05, 4.69) is 20.3 Å². The first-order valence-corrected chi connectivity index (χ1v) is 12.6. The van der Waals surface area contributed by atoms with Crippen LogP contribution >= 0.6 is 0 Å². The third-order valence-electron chi connectivity index (χ3n) is 6.06. The Kier molecular flexibility index (Phi) is 5.96. The van der Waals surface area contributed by atoms with E-state index in [1.807, 2.05) is 30.3 Å². The van der Waals surface area contributed by atoms with Crippen LogP contribution in [0.2, 0.25) is 0 Å². The van der Waals surface area contributed by atoms with Crippen molar-refractivity contribution in [3.63, 3.8) is 0 Å². The minimum atomic E-state index is -3.54. The first kappa shape index (κ1) is 22.4. The van der Waals surface area contributed by atoms with Crippen LogP contribution in [0, 0.1) is 5.82 Å². The van der Waals surface area contributed by atoms with Gasteiger partial charge in [0.05, 0.1) is 12.3 Å². The Labute approximate surface area is 195 Å². The maximum absolute atomic E-state index is 13.1. The maximum Gasteiger partial charge on any atom is 0.281 e. The number of H-pyrrole nitrogens is 1. The van der Waals surface area contributed by atoms with E-state index in [-0.39, 0.29) is 22.7 Å². The van der Waals surface area contributed by atoms with Crippen LogP contribution in [0.4, 0.5) is 4.39 Å². The molecule has 34 heavy (non-hydrogen) atoms. The molecule has 0 atom stereocenters. The van der Waals surface area contributed by atoms with Crippen molar-refractivity contribution < 1.29 is 12.8 Å². The molecule has 5 rings (SSSR count). The lowest BCUT2D eigenvalue weighted by Crippen LogP contribution is -2.39. The van der Waals surface area contributed by atoms with Gasteiger partial charge in [0.25, 0.3) is 5.56 Å². The second kappa shape index (κ2) is 9.07. The molecule has 0 amide bonds. The second-order valence-corrected chi connectivity index (χ2v) is 10.4. The van der Waals surface area contributed by atoms with Crippen LogP contribution in [0.3, 0.4) is 0 Å². The molecular formula is C23H23FN6O3S. The summed E-state index contributed by atoms with van der Waals surface area (Å²) in [6.45, 7) is 1.07. The molecule has 176 valence electrons. The number of nitrogens with one attached hydrogen (secondary N) is 1. The molecule has 0 aliphatic carbocycles. The Hall–Kier alpha value is -3.44. The number of aromatic amines is 1. The van der Waals surface area contributed by atoms with Gasteiger partial charge in [-0.1, -0.05) is 47.7 Å². The summed E-state index contributed by atoms with van der Waals surface area (Å²) in [5.41, 5.74) is 1.79. The summed E-state index contributed by atoms with van der Waals surface area (Å²) in [6, 6.07) is 15.2. The topological polar surface area (TPSA) is 114 Å². The van der Waals surface area contributed by atoms with Crippen molar-refractivity contribution in [1.29, 1.82) is 0 Å². The largest absolute Gasteiger partial charge is 0.308 e. The van der Waals surface area contributed by atoms with Crippen molar-refractivity contribution >= 4 is 21.2 Å². The van der Waals surface area contributed by atoms with Gasteiger partial charge in [-0.3, -0.25) is 4.79 Å². The summed E-state index contributed by atoms with van der Waals surface area (Å²) in [6.07, 6.45) is 1.05. The van der Waals surface area contributed by atoms with Crippen molar-refractivity contribution in [2.45, 2.75) is 31.1 Å². The van der Waals surface area contributed by atoms with Crippen LogP contribution in [-0.4, -0.2) is 50.8 Å². The van der Waals surface area contributed by atoms with E-state index in [1.54, 1.807) is 4.68 Å². The lowest BCUT2D eigenvalue weighted by atomic mass is 9.97. The van der Waals surface area contributed by atoms with Crippen LogP contribution in [0.5, 0.6) is 0 Å². The lowest BCUT2D eigenvalue weighted by molar-refractivity contribution is 0.313. The van der Waals surface area contributed by atoms with Gasteiger partial charge in [0.15, 0.2) is 11.2 Å². The molecule has 3 heterocycles. The molecule has 0 unspecified atom stereocenters. The number of hydrogen-bond donors (Lipinski definition) is 1. The van der Waals surface area contributed by atoms with E-state index in [1.165, 1.54) is 28.6 Å². The molecule has 9 nitrogen and oxygen atoms in total. The molecule has 1 fully saturated rings. The molecule has 0 spiro atoms. The maximum atomic E-state index is 13.1. The van der Waals surface area contributed by atoms with Crippen LogP contribution in [0.1, 0.15) is 35.7 Å². The molecule has 1 aliphatic rings. The molecular weight excluding hydrogens is 459 g/mol. The Bertz CT molecular complexity index is 1460. The van der Waals surface area contributed by atoms with Crippen molar-refractivity contribution in [3.8, 4) is 0 Å². The van der Waals surface area contributed by atoms with Crippen LogP contribution < -0.4 is 5.56 Å². The molecule has 1 N–H and O–H groups in total. The highest BCUT2D eigenvalue weighted by Gasteiger charge is 2.30. The molecule has 4 aromatic rings. The molecule has 0 radical (unpaired) electrons. The zero-order valence-electron chi connectivity index (χ0n) is 18.3. The summed E-state index contributed by atoms with van der Waals surface area (Å²) in [7, 11) is -3.54. The molecule has 1 aliphatic heterocycles. The predicted octanol–water partition coefficient (Wildman–Crippen LogP) is 2.41. The third kappa shape index (κ3) is 4.62. The fourth-order valence-corrected chi connectivity index (χ4v) is 5.79.